The van der Waals surface area contributed by atoms with Gasteiger partial charge in [0.2, 0.25) is 0 Å². The van der Waals surface area contributed by atoms with E-state index in [4.69, 9.17) is 4.74 Å². The zero-order chi connectivity index (χ0) is 15.6. The molecule has 1 atom stereocenters. The zero-order valence-electron chi connectivity index (χ0n) is 11.8. The van der Waals surface area contributed by atoms with E-state index in [2.05, 4.69) is 0 Å². The van der Waals surface area contributed by atoms with Crippen LogP contribution in [0.1, 0.15) is 46.0 Å². The van der Waals surface area contributed by atoms with E-state index in [1.807, 2.05) is 13.8 Å². The summed E-state index contributed by atoms with van der Waals surface area (Å²) in [5.74, 6) is -4.04. The highest BCUT2D eigenvalue weighted by Crippen LogP contribution is 2.29. The lowest BCUT2D eigenvalue weighted by molar-refractivity contribution is -0.143. The van der Waals surface area contributed by atoms with Crippen LogP contribution in [0.3, 0.4) is 0 Å². The summed E-state index contributed by atoms with van der Waals surface area (Å²) in [4.78, 5) is 11.7. The third-order valence-electron chi connectivity index (χ3n) is 2.55. The Balaban J connectivity index is 4.06. The number of hydrogen-bond donors (Lipinski definition) is 0. The van der Waals surface area contributed by atoms with Gasteiger partial charge in [0, 0.05) is 6.42 Å². The van der Waals surface area contributed by atoms with Crippen molar-refractivity contribution in [1.29, 1.82) is 0 Å². The van der Waals surface area contributed by atoms with Gasteiger partial charge in [-0.3, -0.25) is 4.79 Å². The second-order valence-corrected chi connectivity index (χ2v) is 5.79. The quantitative estimate of drug-likeness (QED) is 0.318. The van der Waals surface area contributed by atoms with Gasteiger partial charge in [-0.05, 0) is 25.0 Å². The molecule has 0 fully saturated rings. The monoisotopic (exact) mass is 318 g/mol. The standard InChI is InChI=1S/C13H22F4O2S/c1-3-6-10(11(18)19-8-4-2)20-9-5-7-13(16,17)12(14)15/h10,12H,3-9H2,1-2H3. The molecule has 0 bridgehead atoms. The molecule has 0 aliphatic rings. The number of alkyl halides is 4. The third-order valence-corrected chi connectivity index (χ3v) is 3.91. The second-order valence-electron chi connectivity index (χ2n) is 4.48. The zero-order valence-corrected chi connectivity index (χ0v) is 12.7. The minimum absolute atomic E-state index is 0.0523. The van der Waals surface area contributed by atoms with E-state index >= 15 is 0 Å². The smallest absolute Gasteiger partial charge is 0.319 e. The average molecular weight is 318 g/mol. The molecular weight excluding hydrogens is 296 g/mol. The van der Waals surface area contributed by atoms with Crippen LogP contribution in [0.4, 0.5) is 17.6 Å². The molecule has 0 radical (unpaired) electrons. The Labute approximate surface area is 121 Å². The summed E-state index contributed by atoms with van der Waals surface area (Å²) in [7, 11) is 0. The Kier molecular flexibility index (Phi) is 10.1. The van der Waals surface area contributed by atoms with Crippen LogP contribution in [0.2, 0.25) is 0 Å². The summed E-state index contributed by atoms with van der Waals surface area (Å²) >= 11 is 1.20. The van der Waals surface area contributed by atoms with E-state index in [-0.39, 0.29) is 18.1 Å². The predicted molar refractivity (Wildman–Crippen MR) is 72.6 cm³/mol. The minimum Gasteiger partial charge on any atom is -0.465 e. The molecule has 0 aromatic rings. The van der Waals surface area contributed by atoms with Crippen LogP contribution < -0.4 is 0 Å². The number of thioether (sulfide) groups is 1. The van der Waals surface area contributed by atoms with Crippen molar-refractivity contribution >= 4 is 17.7 Å². The van der Waals surface area contributed by atoms with Crippen LogP contribution in [-0.4, -0.2) is 35.9 Å². The van der Waals surface area contributed by atoms with Crippen LogP contribution in [0.5, 0.6) is 0 Å². The average Bonchev–Trinajstić information content (AvgIpc) is 2.39. The van der Waals surface area contributed by atoms with E-state index in [1.54, 1.807) is 0 Å². The van der Waals surface area contributed by atoms with Crippen LogP contribution >= 0.6 is 11.8 Å². The highest BCUT2D eigenvalue weighted by Gasteiger charge is 2.39. The molecule has 0 aromatic heterocycles. The molecule has 20 heavy (non-hydrogen) atoms. The fourth-order valence-electron chi connectivity index (χ4n) is 1.47. The topological polar surface area (TPSA) is 26.3 Å². The number of halogens is 4. The molecule has 0 aliphatic carbocycles. The number of carbonyl (C=O) groups excluding carboxylic acids is 1. The maximum atomic E-state index is 12.7. The fourth-order valence-corrected chi connectivity index (χ4v) is 2.67. The maximum Gasteiger partial charge on any atom is 0.319 e. The van der Waals surface area contributed by atoms with Crippen molar-refractivity contribution in [3.8, 4) is 0 Å². The summed E-state index contributed by atoms with van der Waals surface area (Å²) in [6.45, 7) is 4.12. The first-order valence-electron chi connectivity index (χ1n) is 6.79. The van der Waals surface area contributed by atoms with E-state index in [1.165, 1.54) is 11.8 Å². The first-order chi connectivity index (χ1) is 9.35. The van der Waals surface area contributed by atoms with Crippen molar-refractivity contribution in [2.24, 2.45) is 0 Å². The van der Waals surface area contributed by atoms with Gasteiger partial charge in [0.15, 0.2) is 0 Å². The Morgan fingerprint density at radius 3 is 2.40 bits per heavy atom. The predicted octanol–water partition coefficient (Wildman–Crippen LogP) is 4.52. The van der Waals surface area contributed by atoms with E-state index in [0.717, 1.165) is 12.8 Å². The van der Waals surface area contributed by atoms with Crippen molar-refractivity contribution in [2.45, 2.75) is 63.5 Å². The third kappa shape index (κ3) is 7.97. The van der Waals surface area contributed by atoms with Gasteiger partial charge in [0.25, 0.3) is 0 Å². The Bertz CT molecular complexity index is 275. The molecule has 2 nitrogen and oxygen atoms in total. The van der Waals surface area contributed by atoms with Gasteiger partial charge < -0.3 is 4.74 Å². The number of ether oxygens (including phenoxy) is 1. The van der Waals surface area contributed by atoms with Gasteiger partial charge >= 0.3 is 18.3 Å². The van der Waals surface area contributed by atoms with Crippen molar-refractivity contribution in [1.82, 2.24) is 0 Å². The largest absolute Gasteiger partial charge is 0.465 e. The molecular formula is C13H22F4O2S. The van der Waals surface area contributed by atoms with Crippen LogP contribution in [0, 0.1) is 0 Å². The molecule has 0 rings (SSSR count). The normalized spacial score (nSPS) is 13.6. The lowest BCUT2D eigenvalue weighted by Crippen LogP contribution is -2.26. The van der Waals surface area contributed by atoms with Gasteiger partial charge in [0.1, 0.15) is 5.25 Å². The first kappa shape index (κ1) is 19.5. The highest BCUT2D eigenvalue weighted by atomic mass is 32.2. The number of rotatable bonds is 11. The summed E-state index contributed by atoms with van der Waals surface area (Å²) in [5, 5.41) is -0.397. The van der Waals surface area contributed by atoms with Crippen LogP contribution in [0.15, 0.2) is 0 Å². The highest BCUT2D eigenvalue weighted by molar-refractivity contribution is 8.00. The summed E-state index contributed by atoms with van der Waals surface area (Å²) in [6, 6.07) is 0. The fraction of sp³-hybridized carbons (Fsp3) is 0.923. The molecule has 0 amide bonds. The Morgan fingerprint density at radius 2 is 1.90 bits per heavy atom. The van der Waals surface area contributed by atoms with E-state index < -0.39 is 24.0 Å². The molecule has 0 saturated carbocycles. The minimum atomic E-state index is -3.94. The molecule has 0 spiro atoms. The van der Waals surface area contributed by atoms with Gasteiger partial charge in [-0.1, -0.05) is 20.3 Å². The molecule has 0 heterocycles. The molecule has 120 valence electrons. The molecule has 0 aromatic carbocycles. The van der Waals surface area contributed by atoms with Gasteiger partial charge in [-0.15, -0.1) is 11.8 Å². The van der Waals surface area contributed by atoms with Crippen LogP contribution in [0.25, 0.3) is 0 Å². The summed E-state index contributed by atoms with van der Waals surface area (Å²) in [5.41, 5.74) is 0. The van der Waals surface area contributed by atoms with Crippen molar-refractivity contribution in [2.75, 3.05) is 12.4 Å². The van der Waals surface area contributed by atoms with Crippen molar-refractivity contribution in [3.63, 3.8) is 0 Å². The number of hydrogen-bond acceptors (Lipinski definition) is 3. The number of esters is 1. The van der Waals surface area contributed by atoms with Gasteiger partial charge in [-0.25, -0.2) is 17.6 Å². The maximum absolute atomic E-state index is 12.7. The van der Waals surface area contributed by atoms with E-state index in [0.29, 0.717) is 13.0 Å². The van der Waals surface area contributed by atoms with E-state index in [9.17, 15) is 22.4 Å². The Morgan fingerprint density at radius 1 is 1.25 bits per heavy atom. The first-order valence-corrected chi connectivity index (χ1v) is 7.84. The summed E-state index contributed by atoms with van der Waals surface area (Å²) in [6.07, 6.45) is -2.46. The van der Waals surface area contributed by atoms with Crippen molar-refractivity contribution in [3.05, 3.63) is 0 Å². The lowest BCUT2D eigenvalue weighted by atomic mass is 10.2. The van der Waals surface area contributed by atoms with Crippen LogP contribution in [-0.2, 0) is 9.53 Å². The molecule has 7 heteroatoms. The Hall–Kier alpha value is -0.460. The van der Waals surface area contributed by atoms with Gasteiger partial charge in [-0.2, -0.15) is 0 Å². The molecule has 0 N–H and O–H groups in total. The molecule has 0 saturated heterocycles. The molecule has 1 unspecified atom stereocenters. The molecule has 0 aliphatic heterocycles. The SMILES string of the molecule is CCCOC(=O)C(CCC)SCCCC(F)(F)C(F)F. The number of carbonyl (C=O) groups is 1. The van der Waals surface area contributed by atoms with Crippen molar-refractivity contribution < 1.29 is 27.1 Å². The van der Waals surface area contributed by atoms with Gasteiger partial charge in [0.05, 0.1) is 6.61 Å². The second kappa shape index (κ2) is 10.3. The lowest BCUT2D eigenvalue weighted by Gasteiger charge is -2.17. The summed E-state index contributed by atoms with van der Waals surface area (Å²) < 4.78 is 54.3.